The second kappa shape index (κ2) is 47.9. The molecule has 16 atom stereocenters. The van der Waals surface area contributed by atoms with E-state index < -0.39 is 0 Å². The van der Waals surface area contributed by atoms with Crippen LogP contribution < -0.4 is 14.4 Å². The summed E-state index contributed by atoms with van der Waals surface area (Å²) < 4.78 is 28.5. The molecule has 14 unspecified atom stereocenters. The van der Waals surface area contributed by atoms with Gasteiger partial charge in [0.1, 0.15) is 36.4 Å². The van der Waals surface area contributed by atoms with Crippen LogP contribution in [-0.2, 0) is 66.4 Å². The Morgan fingerprint density at radius 2 is 0.756 bits per heavy atom. The molecule has 7 aromatic carbocycles. The number of aromatic nitrogens is 1. The maximum Gasteiger partial charge on any atom is 2.00 e. The molecule has 8 aliphatic rings. The molecule has 0 radical (unpaired) electrons. The van der Waals surface area contributed by atoms with Crippen LogP contribution in [0.25, 0.3) is 66.5 Å². The molecule has 3 aromatic heterocycles. The molecular formula is C116H167FN5O2Os3+. The van der Waals surface area contributed by atoms with Crippen molar-refractivity contribution in [1.29, 1.82) is 0 Å². The molecule has 0 amide bonds. The van der Waals surface area contributed by atoms with Crippen LogP contribution >= 0.6 is 0 Å². The quantitative estimate of drug-likeness (QED) is 0.112. The van der Waals surface area contributed by atoms with E-state index in [0.717, 1.165) is 122 Å². The summed E-state index contributed by atoms with van der Waals surface area (Å²) in [6.45, 7) is 55.9. The zero-order chi connectivity index (χ0) is 84.9. The summed E-state index contributed by atoms with van der Waals surface area (Å²) in [5.74, 6) is 13.9. The monoisotopic (exact) mass is 2260 g/mol. The van der Waals surface area contributed by atoms with Crippen LogP contribution in [0.2, 0.25) is 0 Å². The molecule has 698 valence electrons. The van der Waals surface area contributed by atoms with Gasteiger partial charge in [0.15, 0.2) is 17.4 Å². The first-order valence-electron chi connectivity index (χ1n) is 46.4. The third-order valence-corrected chi connectivity index (χ3v) is 32.5. The van der Waals surface area contributed by atoms with Crippen molar-refractivity contribution in [3.8, 4) is 11.3 Å². The molecule has 6 saturated carbocycles. The average molecular weight is 2250 g/mol. The van der Waals surface area contributed by atoms with Crippen molar-refractivity contribution in [3.05, 3.63) is 263 Å². The normalized spacial score (nSPS) is 26.1. The minimum absolute atomic E-state index is 0. The first-order valence-corrected chi connectivity index (χ1v) is 46.4. The predicted molar refractivity (Wildman–Crippen MR) is 542 cm³/mol. The number of rotatable bonds is 8. The number of nitrogens with zero attached hydrogens (tertiary/aromatic N) is 5. The molecule has 127 heavy (non-hydrogen) atoms. The summed E-state index contributed by atoms with van der Waals surface area (Å²) in [6.07, 6.45) is 25.9. The third kappa shape index (κ3) is 23.2. The van der Waals surface area contributed by atoms with Crippen LogP contribution in [0.3, 0.4) is 0 Å². The first kappa shape index (κ1) is 113. The Balaban J connectivity index is 0.000000348. The number of aryl methyl sites for hydroxylation is 9. The van der Waals surface area contributed by atoms with Crippen molar-refractivity contribution in [3.63, 3.8) is 0 Å². The number of anilines is 2. The van der Waals surface area contributed by atoms with Crippen molar-refractivity contribution in [2.24, 2.45) is 89.9 Å². The topological polar surface area (TPSA) is 43.1 Å². The van der Waals surface area contributed by atoms with Gasteiger partial charge in [-0.1, -0.05) is 240 Å². The van der Waals surface area contributed by atoms with E-state index in [0.29, 0.717) is 23.7 Å². The number of para-hydroxylation sites is 2. The summed E-state index contributed by atoms with van der Waals surface area (Å²) >= 11 is 0. The van der Waals surface area contributed by atoms with Crippen LogP contribution in [0.1, 0.15) is 284 Å². The molecule has 6 aliphatic carbocycles. The van der Waals surface area contributed by atoms with Gasteiger partial charge in [-0.05, 0) is 281 Å². The number of hydrogen-bond donors (Lipinski definition) is 0. The number of fused-ring (bicyclic) bond motifs is 6. The van der Waals surface area contributed by atoms with Gasteiger partial charge in [0.05, 0.1) is 22.8 Å². The van der Waals surface area contributed by atoms with Crippen molar-refractivity contribution in [1.82, 2.24) is 9.80 Å². The van der Waals surface area contributed by atoms with Crippen molar-refractivity contribution >= 4 is 66.6 Å². The van der Waals surface area contributed by atoms with E-state index in [9.17, 15) is 4.39 Å². The van der Waals surface area contributed by atoms with Crippen LogP contribution in [0.5, 0.6) is 0 Å². The molecular weight excluding hydrogens is 2080 g/mol. The van der Waals surface area contributed by atoms with E-state index in [1.54, 1.807) is 12.1 Å². The fraction of sp³-hybridized carbons (Fsp3) is 0.509. The number of benzene rings is 7. The van der Waals surface area contributed by atoms with Crippen LogP contribution in [0.4, 0.5) is 15.8 Å². The minimum Gasteiger partial charge on any atom is -0.454 e. The van der Waals surface area contributed by atoms with Gasteiger partial charge in [0, 0.05) is 76.4 Å². The van der Waals surface area contributed by atoms with Crippen molar-refractivity contribution in [2.45, 2.75) is 280 Å². The first-order chi connectivity index (χ1) is 56.2. The fourth-order valence-corrected chi connectivity index (χ4v) is 23.0. The van der Waals surface area contributed by atoms with Crippen molar-refractivity contribution < 1.29 is 77.2 Å². The van der Waals surface area contributed by atoms with Gasteiger partial charge in [-0.15, -0.1) is 0 Å². The maximum absolute atomic E-state index is 13.4. The SMILES string of the molecule is C1CCCC1.CC1CC(C)C(C)C1C.CC1CCC(C)C1C.Cc1cc(C2C(C)C(C)C(C)C2C)cc(C)c1C1=CN(c2c(C)ccc3c2oc2ccccc23)[C@H](C)N1C.Cc1cc(C2CCCC2)cc(C)c1C1=CN(c2c(C)ccc3c2oc2ccccc23)[C@H](C)N1C.Cc1cc(F)ccc1-c1cc(C)c(C2CC(C)C(C)C2C)c[n+]1C.[CH3-].[CH3-].[CH3-].[CH3-].[CH3-].[CH3-].[Os+2].[Os+2].[Os+2]. The van der Waals surface area contributed by atoms with Crippen molar-refractivity contribution in [2.75, 3.05) is 23.9 Å². The zero-order valence-corrected chi connectivity index (χ0v) is 92.6. The molecule has 7 nitrogen and oxygen atoms in total. The number of furan rings is 2. The molecule has 0 bridgehead atoms. The maximum atomic E-state index is 13.4. The standard InChI is InChI=1S/C35H42N2O.C31H34N2O.C22H29FN.C9H18.C8H16.C5H10.6CH3.3Os/c1-19-14-15-29-28-12-10-11-13-31(28)38-35(29)34(19)37-18-30(36(9)26(37)8)32-20(2)16-27(17-21(32)3)33-24(6)22(4)23(5)25(33)7;1-19-14-15-26-25-12-8-9-13-28(25)34-31(26)30(19)33-18-27(32(5)22(33)4)29-20(2)16-24(17-21(29)3)23-10-6-7-11-23;1-13-10-20(17(5)16(13)4)21-12-24(6)22(11-15(21)3)19-8-7-18(23)9-14(19)2;1-6-5-7(2)9(4)8(6)3;1-6-4-5-7(2)8(6)3;1-2-4-5-3-1;;;;;;;;;/h10-18,22-26,33H,1-9H3;8-9,12-18,22-23H,6-7,10-11H2,1-5H3;7-9,11-13,16-17,20H,10H2,1-6H3;6-9H,5H2,1-4H3;6-8H,4-5H2,1-3H3;1-5H2;6*1H3;;;/q;;+1;;;;6*-1;3*+2/t22?,23?,24?,25?,26-,33?;22-;;;;;;;;;;;;;/m11............./s1. The van der Waals surface area contributed by atoms with Gasteiger partial charge < -0.3 is 73.0 Å². The Bertz CT molecular complexity index is 5180. The second-order valence-corrected chi connectivity index (χ2v) is 39.7. The van der Waals surface area contributed by atoms with Crippen LogP contribution in [-0.4, -0.2) is 36.2 Å². The Kier molecular flexibility index (Phi) is 42.7. The summed E-state index contributed by atoms with van der Waals surface area (Å²) in [4.78, 5) is 9.64. The van der Waals surface area contributed by atoms with E-state index in [2.05, 4.69) is 314 Å². The molecule has 5 heterocycles. The molecule has 0 spiro atoms. The molecule has 0 saturated heterocycles. The Hall–Kier alpha value is -6.19. The summed E-state index contributed by atoms with van der Waals surface area (Å²) in [6, 6.07) is 42.8. The molecule has 0 N–H and O–H groups in total. The van der Waals surface area contributed by atoms with E-state index in [1.807, 2.05) is 25.1 Å². The number of hydrogen-bond acceptors (Lipinski definition) is 6. The van der Waals surface area contributed by atoms with Crippen LogP contribution in [0.15, 0.2) is 149 Å². The Morgan fingerprint density at radius 1 is 0.362 bits per heavy atom. The zero-order valence-electron chi connectivity index (χ0n) is 84.9. The van der Waals surface area contributed by atoms with Gasteiger partial charge in [0.2, 0.25) is 5.69 Å². The van der Waals surface area contributed by atoms with E-state index in [-0.39, 0.29) is 122 Å². The van der Waals surface area contributed by atoms with E-state index in [1.165, 1.54) is 189 Å². The number of pyridine rings is 1. The fourth-order valence-electron chi connectivity index (χ4n) is 23.0. The molecule has 6 fully saturated rings. The Labute approximate surface area is 814 Å². The number of halogens is 1. The van der Waals surface area contributed by atoms with Gasteiger partial charge in [-0.2, -0.15) is 0 Å². The third-order valence-electron chi connectivity index (χ3n) is 32.5. The van der Waals surface area contributed by atoms with E-state index >= 15 is 0 Å². The van der Waals surface area contributed by atoms with Gasteiger partial charge in [-0.3, -0.25) is 0 Å². The summed E-state index contributed by atoms with van der Waals surface area (Å²) in [7, 11) is 6.55. The Morgan fingerprint density at radius 3 is 1.13 bits per heavy atom. The summed E-state index contributed by atoms with van der Waals surface area (Å²) in [5.41, 5.74) is 28.6. The van der Waals surface area contributed by atoms with Gasteiger partial charge in [-0.25, -0.2) is 8.96 Å². The molecule has 2 aliphatic heterocycles. The summed E-state index contributed by atoms with van der Waals surface area (Å²) in [5, 5.41) is 4.71. The van der Waals surface area contributed by atoms with Gasteiger partial charge in [0.25, 0.3) is 0 Å². The smallest absolute Gasteiger partial charge is 0.454 e. The average Bonchev–Trinajstić information content (AvgIpc) is 1.60. The predicted octanol–water partition coefficient (Wildman–Crippen LogP) is 33.1. The largest absolute Gasteiger partial charge is 2.00 e. The second-order valence-electron chi connectivity index (χ2n) is 39.7. The van der Waals surface area contributed by atoms with E-state index in [4.69, 9.17) is 8.83 Å². The molecule has 10 aromatic rings. The molecule has 11 heteroatoms. The molecule has 18 rings (SSSR count). The van der Waals surface area contributed by atoms with Crippen LogP contribution in [0, 0.1) is 189 Å². The van der Waals surface area contributed by atoms with Gasteiger partial charge >= 0.3 is 59.4 Å². The minimum atomic E-state index is -0.171.